The number of amides is 1. The van der Waals surface area contributed by atoms with Gasteiger partial charge in [-0.05, 0) is 61.4 Å². The zero-order valence-electron chi connectivity index (χ0n) is 19.3. The molecule has 2 aromatic heterocycles. The van der Waals surface area contributed by atoms with Crippen LogP contribution in [0.25, 0.3) is 11.0 Å². The van der Waals surface area contributed by atoms with Crippen molar-refractivity contribution in [2.45, 2.75) is 44.8 Å². The van der Waals surface area contributed by atoms with Gasteiger partial charge >= 0.3 is 6.09 Å². The molecule has 8 heteroatoms. The molecule has 0 radical (unpaired) electrons. The third kappa shape index (κ3) is 3.88. The van der Waals surface area contributed by atoms with Gasteiger partial charge in [0.25, 0.3) is 0 Å². The minimum absolute atomic E-state index is 0.0577. The third-order valence-corrected chi connectivity index (χ3v) is 6.94. The molecule has 3 aromatic rings. The summed E-state index contributed by atoms with van der Waals surface area (Å²) in [6.45, 7) is 3.56. The van der Waals surface area contributed by atoms with Crippen molar-refractivity contribution >= 4 is 28.6 Å². The molecular formula is C25H28N6O2. The van der Waals surface area contributed by atoms with Crippen LogP contribution in [0.2, 0.25) is 0 Å². The monoisotopic (exact) mass is 444 g/mol. The maximum Gasteiger partial charge on any atom is 0.415 e. The second-order valence-electron chi connectivity index (χ2n) is 9.93. The van der Waals surface area contributed by atoms with Gasteiger partial charge in [0.1, 0.15) is 11.4 Å². The fourth-order valence-electron chi connectivity index (χ4n) is 5.44. The predicted octanol–water partition coefficient (Wildman–Crippen LogP) is 4.34. The van der Waals surface area contributed by atoms with Crippen LogP contribution in [0.1, 0.15) is 38.2 Å². The van der Waals surface area contributed by atoms with Gasteiger partial charge < -0.3 is 14.2 Å². The first-order valence-electron chi connectivity index (χ1n) is 11.3. The maximum atomic E-state index is 12.9. The lowest BCUT2D eigenvalue weighted by molar-refractivity contribution is -0.0264. The lowest BCUT2D eigenvalue weighted by Gasteiger charge is -2.43. The normalized spacial score (nSPS) is 24.8. The highest BCUT2D eigenvalue weighted by Crippen LogP contribution is 2.48. The number of fused-ring (bicyclic) bond motifs is 1. The molecule has 0 unspecified atom stereocenters. The van der Waals surface area contributed by atoms with Crippen LogP contribution in [0.3, 0.4) is 0 Å². The fraction of sp³-hybridized carbons (Fsp3) is 0.440. The van der Waals surface area contributed by atoms with Crippen molar-refractivity contribution in [3.63, 3.8) is 0 Å². The number of pyridine rings is 1. The van der Waals surface area contributed by atoms with E-state index in [1.54, 1.807) is 17.2 Å². The number of nitrogens with zero attached hydrogens (tertiary/aromatic N) is 6. The Bertz CT molecular complexity index is 1240. The Balaban J connectivity index is 1.37. The molecule has 0 N–H and O–H groups in total. The first-order chi connectivity index (χ1) is 15.8. The lowest BCUT2D eigenvalue weighted by Crippen LogP contribution is -2.45. The third-order valence-electron chi connectivity index (χ3n) is 6.94. The molecule has 8 nitrogen and oxygen atoms in total. The van der Waals surface area contributed by atoms with E-state index < -0.39 is 5.60 Å². The van der Waals surface area contributed by atoms with E-state index in [-0.39, 0.29) is 11.5 Å². The molecule has 1 aromatic carbocycles. The first kappa shape index (κ1) is 21.3. The van der Waals surface area contributed by atoms with Crippen LogP contribution in [-0.2, 0) is 11.3 Å². The molecular weight excluding hydrogens is 416 g/mol. The first-order valence-corrected chi connectivity index (χ1v) is 11.3. The quantitative estimate of drug-likeness (QED) is 0.595. The smallest absolute Gasteiger partial charge is 0.415 e. The van der Waals surface area contributed by atoms with Crippen LogP contribution in [0.15, 0.2) is 42.9 Å². The van der Waals surface area contributed by atoms with Crippen molar-refractivity contribution < 1.29 is 9.53 Å². The van der Waals surface area contributed by atoms with Gasteiger partial charge in [-0.1, -0.05) is 6.92 Å². The molecule has 1 aliphatic heterocycles. The van der Waals surface area contributed by atoms with Crippen LogP contribution in [-0.4, -0.2) is 46.9 Å². The van der Waals surface area contributed by atoms with Crippen molar-refractivity contribution in [3.8, 4) is 6.07 Å². The molecule has 1 spiro atoms. The molecule has 2 atom stereocenters. The summed E-state index contributed by atoms with van der Waals surface area (Å²) in [4.78, 5) is 25.5. The van der Waals surface area contributed by atoms with E-state index in [0.29, 0.717) is 12.1 Å². The zero-order valence-corrected chi connectivity index (χ0v) is 19.3. The van der Waals surface area contributed by atoms with Crippen LogP contribution in [0.4, 0.5) is 16.3 Å². The highest BCUT2D eigenvalue weighted by molar-refractivity contribution is 5.90. The molecule has 2 fully saturated rings. The summed E-state index contributed by atoms with van der Waals surface area (Å²) in [5.41, 5.74) is 2.68. The highest BCUT2D eigenvalue weighted by atomic mass is 16.6. The molecule has 1 amide bonds. The molecule has 2 aliphatic rings. The Labute approximate surface area is 193 Å². The van der Waals surface area contributed by atoms with Crippen LogP contribution >= 0.6 is 0 Å². The summed E-state index contributed by atoms with van der Waals surface area (Å²) in [6, 6.07) is 11.6. The largest absolute Gasteiger partial charge is 0.441 e. The van der Waals surface area contributed by atoms with Crippen molar-refractivity contribution in [2.24, 2.45) is 5.41 Å². The number of benzene rings is 1. The van der Waals surface area contributed by atoms with Crippen molar-refractivity contribution in [3.05, 3.63) is 48.4 Å². The van der Waals surface area contributed by atoms with Gasteiger partial charge in [0.2, 0.25) is 0 Å². The van der Waals surface area contributed by atoms with E-state index in [0.717, 1.165) is 54.8 Å². The highest BCUT2D eigenvalue weighted by Gasteiger charge is 2.51. The van der Waals surface area contributed by atoms with E-state index >= 15 is 0 Å². The lowest BCUT2D eigenvalue weighted by atomic mass is 9.68. The Kier molecular flexibility index (Phi) is 5.00. The molecule has 3 heterocycles. The average Bonchev–Trinajstić information content (AvgIpc) is 3.33. The number of hydrogen-bond acceptors (Lipinski definition) is 6. The van der Waals surface area contributed by atoms with Crippen LogP contribution < -0.4 is 9.80 Å². The van der Waals surface area contributed by atoms with Gasteiger partial charge in [0.15, 0.2) is 0 Å². The van der Waals surface area contributed by atoms with Gasteiger partial charge in [-0.2, -0.15) is 5.26 Å². The number of ether oxygens (including phenoxy) is 1. The van der Waals surface area contributed by atoms with Gasteiger partial charge in [0.05, 0.1) is 47.4 Å². The number of aromatic nitrogens is 3. The number of carbonyl (C=O) groups is 1. The number of anilines is 2. The van der Waals surface area contributed by atoms with Crippen molar-refractivity contribution in [2.75, 3.05) is 30.4 Å². The van der Waals surface area contributed by atoms with E-state index in [4.69, 9.17) is 4.74 Å². The maximum absolute atomic E-state index is 12.9. The number of nitriles is 1. The number of rotatable bonds is 4. The number of hydrogen-bond donors (Lipinski definition) is 0. The van der Waals surface area contributed by atoms with Crippen molar-refractivity contribution in [1.82, 2.24) is 14.5 Å². The van der Waals surface area contributed by atoms with Gasteiger partial charge in [0, 0.05) is 20.6 Å². The Hall–Kier alpha value is -3.60. The van der Waals surface area contributed by atoms with Gasteiger partial charge in [-0.25, -0.2) is 14.8 Å². The minimum atomic E-state index is -0.501. The summed E-state index contributed by atoms with van der Waals surface area (Å²) in [6.07, 6.45) is 6.96. The Morgan fingerprint density at radius 2 is 2.06 bits per heavy atom. The number of imidazole rings is 1. The average molecular weight is 445 g/mol. The predicted molar refractivity (Wildman–Crippen MR) is 126 cm³/mol. The molecule has 33 heavy (non-hydrogen) atoms. The van der Waals surface area contributed by atoms with Crippen molar-refractivity contribution in [1.29, 1.82) is 5.26 Å². The second kappa shape index (κ2) is 7.77. The summed E-state index contributed by atoms with van der Waals surface area (Å²) < 4.78 is 8.19. The summed E-state index contributed by atoms with van der Waals surface area (Å²) >= 11 is 0. The standard InChI is InChI=1S/C25H28N6O2/c1-24(15-30-17-28-20-7-5-18(12-26)11-21(20)30)9-4-10-25(14-24)16-31(23(32)33-25)19-6-8-22(27-13-19)29(2)3/h5-8,11,13,17H,4,9-10,14-16H2,1-3H3/t24-,25-/m0/s1. The molecule has 1 saturated carbocycles. The molecule has 0 bridgehead atoms. The SMILES string of the molecule is CN(C)c1ccc(N2C[C@@]3(CCC[C@](C)(Cn4cnc5ccc(C#N)cc54)C3)OC2=O)cn1. The second-order valence-corrected chi connectivity index (χ2v) is 9.93. The zero-order chi connectivity index (χ0) is 23.2. The fourth-order valence-corrected chi connectivity index (χ4v) is 5.44. The molecule has 170 valence electrons. The van der Waals surface area contributed by atoms with E-state index in [1.807, 2.05) is 49.6 Å². The Morgan fingerprint density at radius 1 is 1.21 bits per heavy atom. The number of carbonyl (C=O) groups excluding carboxylic acids is 1. The van der Waals surface area contributed by atoms with Gasteiger partial charge in [-0.15, -0.1) is 0 Å². The minimum Gasteiger partial charge on any atom is -0.441 e. The Morgan fingerprint density at radius 3 is 2.79 bits per heavy atom. The van der Waals surface area contributed by atoms with E-state index in [2.05, 4.69) is 27.5 Å². The molecule has 1 saturated heterocycles. The van der Waals surface area contributed by atoms with Crippen LogP contribution in [0.5, 0.6) is 0 Å². The topological polar surface area (TPSA) is 87.3 Å². The van der Waals surface area contributed by atoms with E-state index in [9.17, 15) is 10.1 Å². The van der Waals surface area contributed by atoms with Crippen LogP contribution in [0, 0.1) is 16.7 Å². The van der Waals surface area contributed by atoms with E-state index in [1.165, 1.54) is 0 Å². The van der Waals surface area contributed by atoms with Gasteiger partial charge in [-0.3, -0.25) is 4.90 Å². The summed E-state index contributed by atoms with van der Waals surface area (Å²) in [5, 5.41) is 9.28. The molecule has 5 rings (SSSR count). The summed E-state index contributed by atoms with van der Waals surface area (Å²) in [5.74, 6) is 0.846. The summed E-state index contributed by atoms with van der Waals surface area (Å²) in [7, 11) is 3.88. The molecule has 1 aliphatic carbocycles.